The van der Waals surface area contributed by atoms with Gasteiger partial charge in [0, 0.05) is 11.3 Å². The Labute approximate surface area is 170 Å². The quantitative estimate of drug-likeness (QED) is 0.468. The van der Waals surface area contributed by atoms with Crippen LogP contribution in [0.2, 0.25) is 0 Å². The molecule has 0 saturated heterocycles. The summed E-state index contributed by atoms with van der Waals surface area (Å²) in [5, 5.41) is 5.55. The Bertz CT molecular complexity index is 1040. The maximum atomic E-state index is 12.8. The number of benzene rings is 3. The maximum absolute atomic E-state index is 12.8. The van der Waals surface area contributed by atoms with E-state index in [-0.39, 0.29) is 11.6 Å². The van der Waals surface area contributed by atoms with Crippen LogP contribution in [-0.4, -0.2) is 11.8 Å². The molecule has 4 nitrogen and oxygen atoms in total. The number of nitrogens with one attached hydrogen (secondary N) is 2. The van der Waals surface area contributed by atoms with Crippen molar-refractivity contribution in [3.63, 3.8) is 0 Å². The first-order valence-electron chi connectivity index (χ1n) is 9.29. The molecule has 3 rings (SSSR count). The Morgan fingerprint density at radius 2 is 1.52 bits per heavy atom. The van der Waals surface area contributed by atoms with Crippen molar-refractivity contribution in [2.24, 2.45) is 0 Å². The molecule has 2 amide bonds. The van der Waals surface area contributed by atoms with Gasteiger partial charge in [-0.05, 0) is 48.4 Å². The number of rotatable bonds is 6. The molecule has 0 fully saturated rings. The van der Waals surface area contributed by atoms with Crippen LogP contribution in [0, 0.1) is 6.92 Å². The van der Waals surface area contributed by atoms with Gasteiger partial charge in [-0.1, -0.05) is 72.8 Å². The highest BCUT2D eigenvalue weighted by Crippen LogP contribution is 2.11. The van der Waals surface area contributed by atoms with E-state index in [0.717, 1.165) is 11.1 Å². The number of hydrogen-bond acceptors (Lipinski definition) is 2. The zero-order chi connectivity index (χ0) is 20.5. The van der Waals surface area contributed by atoms with E-state index in [1.807, 2.05) is 67.6 Å². The average molecular weight is 382 g/mol. The van der Waals surface area contributed by atoms with Gasteiger partial charge in [-0.2, -0.15) is 0 Å². The number of hydrogen-bond donors (Lipinski definition) is 2. The summed E-state index contributed by atoms with van der Waals surface area (Å²) >= 11 is 0. The van der Waals surface area contributed by atoms with Gasteiger partial charge in [-0.3, -0.25) is 9.59 Å². The lowest BCUT2D eigenvalue weighted by molar-refractivity contribution is -0.113. The second-order valence-electron chi connectivity index (χ2n) is 6.49. The van der Waals surface area contributed by atoms with Crippen LogP contribution < -0.4 is 10.6 Å². The summed E-state index contributed by atoms with van der Waals surface area (Å²) in [5.41, 5.74) is 3.34. The lowest BCUT2D eigenvalue weighted by Gasteiger charge is -2.11. The Balaban J connectivity index is 1.81. The monoisotopic (exact) mass is 382 g/mol. The fourth-order valence-electron chi connectivity index (χ4n) is 2.70. The molecule has 0 bridgehead atoms. The number of carbonyl (C=O) groups is 2. The van der Waals surface area contributed by atoms with Crippen molar-refractivity contribution in [1.29, 1.82) is 0 Å². The van der Waals surface area contributed by atoms with Gasteiger partial charge in [0.05, 0.1) is 0 Å². The van der Waals surface area contributed by atoms with E-state index in [2.05, 4.69) is 10.6 Å². The molecule has 0 radical (unpaired) electrons. The van der Waals surface area contributed by atoms with Crippen LogP contribution in [0.3, 0.4) is 0 Å². The molecule has 144 valence electrons. The molecule has 0 unspecified atom stereocenters. The highest BCUT2D eigenvalue weighted by Gasteiger charge is 2.14. The van der Waals surface area contributed by atoms with Crippen LogP contribution >= 0.6 is 0 Å². The van der Waals surface area contributed by atoms with Crippen LogP contribution in [-0.2, 0) is 4.79 Å². The van der Waals surface area contributed by atoms with Crippen LogP contribution in [0.5, 0.6) is 0 Å². The van der Waals surface area contributed by atoms with Crippen LogP contribution in [0.4, 0.5) is 5.69 Å². The summed E-state index contributed by atoms with van der Waals surface area (Å²) < 4.78 is 0. The van der Waals surface area contributed by atoms with Gasteiger partial charge in [-0.15, -0.1) is 0 Å². The molecule has 0 aromatic heterocycles. The fourth-order valence-corrected chi connectivity index (χ4v) is 2.70. The van der Waals surface area contributed by atoms with Gasteiger partial charge in [0.2, 0.25) is 0 Å². The van der Waals surface area contributed by atoms with E-state index in [9.17, 15) is 9.59 Å². The molecular weight excluding hydrogens is 360 g/mol. The van der Waals surface area contributed by atoms with Crippen molar-refractivity contribution < 1.29 is 9.59 Å². The summed E-state index contributed by atoms with van der Waals surface area (Å²) in [7, 11) is 0. The normalized spacial score (nSPS) is 11.3. The molecule has 0 spiro atoms. The molecule has 0 heterocycles. The van der Waals surface area contributed by atoms with E-state index in [1.165, 1.54) is 0 Å². The SMILES string of the molecule is Cc1cccc(NC(=O)/C(=C\C=C\c2ccccc2)NC(=O)c2ccccc2)c1. The molecule has 2 N–H and O–H groups in total. The minimum Gasteiger partial charge on any atom is -0.321 e. The maximum Gasteiger partial charge on any atom is 0.272 e. The van der Waals surface area contributed by atoms with E-state index >= 15 is 0 Å². The smallest absolute Gasteiger partial charge is 0.272 e. The molecule has 3 aromatic rings. The summed E-state index contributed by atoms with van der Waals surface area (Å²) in [6, 6.07) is 26.0. The first kappa shape index (κ1) is 19.8. The standard InChI is InChI=1S/C25H22N2O2/c1-19-10-8-16-22(18-19)26-25(29)23(17-9-13-20-11-4-2-5-12-20)27-24(28)21-14-6-3-7-15-21/h2-18H,1H3,(H,26,29)(H,27,28)/b13-9+,23-17+. The Morgan fingerprint density at radius 1 is 0.828 bits per heavy atom. The van der Waals surface area contributed by atoms with E-state index in [1.54, 1.807) is 42.5 Å². The highest BCUT2D eigenvalue weighted by molar-refractivity contribution is 6.08. The van der Waals surface area contributed by atoms with Crippen LogP contribution in [0.25, 0.3) is 6.08 Å². The minimum atomic E-state index is -0.391. The second-order valence-corrected chi connectivity index (χ2v) is 6.49. The van der Waals surface area contributed by atoms with Crippen molar-refractivity contribution >= 4 is 23.6 Å². The zero-order valence-corrected chi connectivity index (χ0v) is 16.1. The second kappa shape index (κ2) is 9.85. The van der Waals surface area contributed by atoms with Gasteiger partial charge in [0.15, 0.2) is 0 Å². The van der Waals surface area contributed by atoms with Crippen molar-refractivity contribution in [2.45, 2.75) is 6.92 Å². The molecule has 3 aromatic carbocycles. The minimum absolute atomic E-state index is 0.160. The molecule has 29 heavy (non-hydrogen) atoms. The third-order valence-corrected chi connectivity index (χ3v) is 4.16. The number of aryl methyl sites for hydroxylation is 1. The first-order valence-corrected chi connectivity index (χ1v) is 9.29. The van der Waals surface area contributed by atoms with Gasteiger partial charge in [-0.25, -0.2) is 0 Å². The number of anilines is 1. The third-order valence-electron chi connectivity index (χ3n) is 4.16. The van der Waals surface area contributed by atoms with Gasteiger partial charge >= 0.3 is 0 Å². The molecule has 4 heteroatoms. The summed E-state index contributed by atoms with van der Waals surface area (Å²) in [6.45, 7) is 1.95. The summed E-state index contributed by atoms with van der Waals surface area (Å²) in [4.78, 5) is 25.3. The molecule has 0 aliphatic rings. The van der Waals surface area contributed by atoms with Crippen LogP contribution in [0.15, 0.2) is 103 Å². The topological polar surface area (TPSA) is 58.2 Å². The number of amides is 2. The molecule has 0 saturated carbocycles. The molecule has 0 aliphatic heterocycles. The summed E-state index contributed by atoms with van der Waals surface area (Å²) in [6.07, 6.45) is 5.21. The Morgan fingerprint density at radius 3 is 2.21 bits per heavy atom. The largest absolute Gasteiger partial charge is 0.321 e. The van der Waals surface area contributed by atoms with E-state index in [0.29, 0.717) is 11.3 Å². The molecular formula is C25H22N2O2. The lowest BCUT2D eigenvalue weighted by Crippen LogP contribution is -2.30. The lowest BCUT2D eigenvalue weighted by atomic mass is 10.2. The summed E-state index contributed by atoms with van der Waals surface area (Å²) in [5.74, 6) is -0.734. The van der Waals surface area contributed by atoms with Crippen LogP contribution in [0.1, 0.15) is 21.5 Å². The Kier molecular flexibility index (Phi) is 6.74. The van der Waals surface area contributed by atoms with Crippen molar-refractivity contribution in [3.8, 4) is 0 Å². The first-order chi connectivity index (χ1) is 14.1. The Hall–Kier alpha value is -3.92. The van der Waals surface area contributed by atoms with Crippen molar-refractivity contribution in [1.82, 2.24) is 5.32 Å². The number of allylic oxidation sites excluding steroid dienone is 2. The van der Waals surface area contributed by atoms with Gasteiger partial charge < -0.3 is 10.6 Å². The molecule has 0 aliphatic carbocycles. The zero-order valence-electron chi connectivity index (χ0n) is 16.1. The van der Waals surface area contributed by atoms with Crippen molar-refractivity contribution in [3.05, 3.63) is 119 Å². The average Bonchev–Trinajstić information content (AvgIpc) is 2.74. The highest BCUT2D eigenvalue weighted by atomic mass is 16.2. The fraction of sp³-hybridized carbons (Fsp3) is 0.0400. The van der Waals surface area contributed by atoms with Gasteiger partial charge in [0.1, 0.15) is 5.70 Å². The third kappa shape index (κ3) is 6.04. The predicted octanol–water partition coefficient (Wildman–Crippen LogP) is 4.96. The van der Waals surface area contributed by atoms with Crippen molar-refractivity contribution in [2.75, 3.05) is 5.32 Å². The predicted molar refractivity (Wildman–Crippen MR) is 117 cm³/mol. The van der Waals surface area contributed by atoms with Gasteiger partial charge in [0.25, 0.3) is 11.8 Å². The molecule has 0 atom stereocenters. The number of carbonyl (C=O) groups excluding carboxylic acids is 2. The van der Waals surface area contributed by atoms with E-state index in [4.69, 9.17) is 0 Å². The van der Waals surface area contributed by atoms with E-state index < -0.39 is 5.91 Å².